The average Bonchev–Trinajstić information content (AvgIpc) is 2.88. The third kappa shape index (κ3) is 6.10. The van der Waals surface area contributed by atoms with Crippen LogP contribution in [-0.4, -0.2) is 55.6 Å². The lowest BCUT2D eigenvalue weighted by Crippen LogP contribution is -2.53. The number of amides is 1. The number of likely N-dealkylation sites (tertiary alicyclic amines) is 1. The molecule has 212 valence electrons. The Balaban J connectivity index is 1.30. The summed E-state index contributed by atoms with van der Waals surface area (Å²) in [5.41, 5.74) is 3.79. The number of alkyl halides is 3. The van der Waals surface area contributed by atoms with E-state index in [1.165, 1.54) is 37.0 Å². The molecular formula is C28H34F3N3O4S. The van der Waals surface area contributed by atoms with Gasteiger partial charge in [0.2, 0.25) is 15.9 Å². The van der Waals surface area contributed by atoms with Crippen molar-refractivity contribution in [3.8, 4) is 5.75 Å². The fourth-order valence-electron chi connectivity index (χ4n) is 5.82. The number of ether oxygens (including phenoxy) is 1. The highest BCUT2D eigenvalue weighted by atomic mass is 32.2. The van der Waals surface area contributed by atoms with Gasteiger partial charge in [0.05, 0.1) is 12.5 Å². The Morgan fingerprint density at radius 1 is 1.10 bits per heavy atom. The predicted molar refractivity (Wildman–Crippen MR) is 140 cm³/mol. The van der Waals surface area contributed by atoms with Crippen molar-refractivity contribution in [3.63, 3.8) is 0 Å². The molecule has 11 heteroatoms. The van der Waals surface area contributed by atoms with Crippen LogP contribution in [0.4, 0.5) is 13.2 Å². The molecule has 2 aromatic carbocycles. The van der Waals surface area contributed by atoms with Crippen LogP contribution in [0.25, 0.3) is 0 Å². The first-order chi connectivity index (χ1) is 18.5. The first-order valence-electron chi connectivity index (χ1n) is 13.5. The third-order valence-corrected chi connectivity index (χ3v) is 9.70. The van der Waals surface area contributed by atoms with Gasteiger partial charge in [0.15, 0.2) is 6.73 Å². The zero-order valence-corrected chi connectivity index (χ0v) is 22.8. The predicted octanol–water partition coefficient (Wildman–Crippen LogP) is 4.84. The first-order valence-corrected chi connectivity index (χ1v) is 14.9. The minimum atomic E-state index is -4.97. The van der Waals surface area contributed by atoms with Crippen molar-refractivity contribution in [1.82, 2.24) is 14.5 Å². The van der Waals surface area contributed by atoms with Crippen LogP contribution in [0.2, 0.25) is 0 Å². The Morgan fingerprint density at radius 2 is 1.87 bits per heavy atom. The van der Waals surface area contributed by atoms with Gasteiger partial charge in [-0.3, -0.25) is 9.69 Å². The SMILES string of the molecule is Cc1ccc2c(c1)S(=O)(=O)N([C@H](CC(=O)N[C@@H]1CCCc3cc(CN4CCCCC4)ccc31)C(F)(F)F)CO2. The fourth-order valence-corrected chi connectivity index (χ4v) is 7.51. The lowest BCUT2D eigenvalue weighted by molar-refractivity contribution is -0.181. The number of aryl methyl sites for hydroxylation is 2. The number of sulfonamides is 1. The highest BCUT2D eigenvalue weighted by molar-refractivity contribution is 7.89. The normalized spacial score (nSPS) is 22.3. The smallest absolute Gasteiger partial charge is 0.405 e. The highest BCUT2D eigenvalue weighted by Crippen LogP contribution is 2.38. The second kappa shape index (κ2) is 11.1. The maximum Gasteiger partial charge on any atom is 0.405 e. The quantitative estimate of drug-likeness (QED) is 0.543. The van der Waals surface area contributed by atoms with Crippen molar-refractivity contribution in [2.24, 2.45) is 0 Å². The number of rotatable bonds is 6. The number of hydrogen-bond acceptors (Lipinski definition) is 5. The Hall–Kier alpha value is -2.63. The lowest BCUT2D eigenvalue weighted by atomic mass is 9.86. The van der Waals surface area contributed by atoms with Gasteiger partial charge in [0, 0.05) is 6.54 Å². The second-order valence-corrected chi connectivity index (χ2v) is 12.6. The minimum absolute atomic E-state index is 0.000643. The molecule has 2 heterocycles. The van der Waals surface area contributed by atoms with E-state index in [2.05, 4.69) is 16.3 Å². The fraction of sp³-hybridized carbons (Fsp3) is 0.536. The molecule has 2 aliphatic heterocycles. The van der Waals surface area contributed by atoms with Crippen LogP contribution in [0.15, 0.2) is 41.3 Å². The number of halogens is 3. The number of nitrogens with zero attached hydrogens (tertiary/aromatic N) is 2. The van der Waals surface area contributed by atoms with Crippen LogP contribution in [0, 0.1) is 6.92 Å². The van der Waals surface area contributed by atoms with Crippen LogP contribution in [0.1, 0.15) is 66.8 Å². The average molecular weight is 566 g/mol. The molecule has 39 heavy (non-hydrogen) atoms. The number of piperidine rings is 1. The molecule has 2 atom stereocenters. The summed E-state index contributed by atoms with van der Waals surface area (Å²) in [6.45, 7) is 3.86. The molecule has 1 aliphatic carbocycles. The summed E-state index contributed by atoms with van der Waals surface area (Å²) in [6, 6.07) is 7.52. The van der Waals surface area contributed by atoms with E-state index in [9.17, 15) is 26.4 Å². The number of hydrogen-bond donors (Lipinski definition) is 1. The van der Waals surface area contributed by atoms with E-state index in [4.69, 9.17) is 4.74 Å². The summed E-state index contributed by atoms with van der Waals surface area (Å²) < 4.78 is 74.5. The highest BCUT2D eigenvalue weighted by Gasteiger charge is 2.51. The van der Waals surface area contributed by atoms with E-state index in [0.717, 1.165) is 43.6 Å². The number of benzene rings is 2. The molecule has 3 aliphatic rings. The number of carbonyl (C=O) groups excluding carboxylic acids is 1. The Labute approximate surface area is 227 Å². The monoisotopic (exact) mass is 565 g/mol. The molecule has 1 saturated heterocycles. The van der Waals surface area contributed by atoms with Gasteiger partial charge in [-0.05, 0) is 86.5 Å². The van der Waals surface area contributed by atoms with E-state index < -0.39 is 47.3 Å². The van der Waals surface area contributed by atoms with Crippen LogP contribution >= 0.6 is 0 Å². The standard InChI is InChI=1S/C28H34F3N3O4S/c1-19-8-11-24-25(14-19)39(36,37)34(18-38-24)26(28(29,30)31)16-27(35)32-23-7-5-6-21-15-20(9-10-22(21)23)17-33-12-3-2-4-13-33/h8-11,14-15,23,26H,2-7,12-13,16-18H2,1H3,(H,32,35)/t23-,26-/m1/s1. The summed E-state index contributed by atoms with van der Waals surface area (Å²) in [7, 11) is -4.53. The van der Waals surface area contributed by atoms with Crippen molar-refractivity contribution >= 4 is 15.9 Å². The van der Waals surface area contributed by atoms with E-state index in [1.54, 1.807) is 13.0 Å². The number of nitrogens with one attached hydrogen (secondary N) is 1. The maximum atomic E-state index is 14.2. The van der Waals surface area contributed by atoms with Crippen LogP contribution in [0.3, 0.4) is 0 Å². The van der Waals surface area contributed by atoms with Gasteiger partial charge in [-0.15, -0.1) is 4.31 Å². The zero-order chi connectivity index (χ0) is 27.8. The molecule has 5 rings (SSSR count). The molecule has 0 radical (unpaired) electrons. The molecule has 1 fully saturated rings. The summed E-state index contributed by atoms with van der Waals surface area (Å²) in [5.74, 6) is -0.849. The maximum absolute atomic E-state index is 14.2. The third-order valence-electron chi connectivity index (χ3n) is 7.85. The van der Waals surface area contributed by atoms with E-state index in [0.29, 0.717) is 12.0 Å². The van der Waals surface area contributed by atoms with Gasteiger partial charge >= 0.3 is 6.18 Å². The van der Waals surface area contributed by atoms with Crippen molar-refractivity contribution in [2.45, 2.75) is 81.6 Å². The van der Waals surface area contributed by atoms with Crippen LogP contribution < -0.4 is 10.1 Å². The molecule has 0 spiro atoms. The minimum Gasteiger partial charge on any atom is -0.476 e. The first kappa shape index (κ1) is 27.9. The number of fused-ring (bicyclic) bond motifs is 2. The Kier molecular flexibility index (Phi) is 7.94. The zero-order valence-electron chi connectivity index (χ0n) is 22.0. The topological polar surface area (TPSA) is 79.0 Å². The lowest BCUT2D eigenvalue weighted by Gasteiger charge is -2.35. The summed E-state index contributed by atoms with van der Waals surface area (Å²) in [6.07, 6.45) is -0.0835. The Morgan fingerprint density at radius 3 is 2.62 bits per heavy atom. The van der Waals surface area contributed by atoms with Gasteiger partial charge in [0.25, 0.3) is 0 Å². The number of carbonyl (C=O) groups is 1. The van der Waals surface area contributed by atoms with Crippen molar-refractivity contribution < 1.29 is 31.1 Å². The molecule has 2 aromatic rings. The summed E-state index contributed by atoms with van der Waals surface area (Å²) in [5, 5.41) is 2.76. The van der Waals surface area contributed by atoms with Gasteiger partial charge in [-0.1, -0.05) is 30.7 Å². The van der Waals surface area contributed by atoms with Crippen LogP contribution in [-0.2, 0) is 27.8 Å². The summed E-state index contributed by atoms with van der Waals surface area (Å²) in [4.78, 5) is 15.1. The largest absolute Gasteiger partial charge is 0.476 e. The van der Waals surface area contributed by atoms with E-state index in [1.807, 2.05) is 12.1 Å². The molecule has 0 aromatic heterocycles. The molecule has 7 nitrogen and oxygen atoms in total. The van der Waals surface area contributed by atoms with E-state index in [-0.39, 0.29) is 15.0 Å². The Bertz CT molecular complexity index is 1330. The second-order valence-electron chi connectivity index (χ2n) is 10.8. The van der Waals surface area contributed by atoms with Gasteiger partial charge < -0.3 is 10.1 Å². The van der Waals surface area contributed by atoms with Crippen molar-refractivity contribution in [3.05, 3.63) is 58.7 Å². The molecule has 0 bridgehead atoms. The van der Waals surface area contributed by atoms with Crippen molar-refractivity contribution in [1.29, 1.82) is 0 Å². The molecule has 0 saturated carbocycles. The van der Waals surface area contributed by atoms with Gasteiger partial charge in [-0.2, -0.15) is 13.2 Å². The van der Waals surface area contributed by atoms with Crippen LogP contribution in [0.5, 0.6) is 5.75 Å². The van der Waals surface area contributed by atoms with Crippen molar-refractivity contribution in [2.75, 3.05) is 19.8 Å². The molecule has 1 amide bonds. The van der Waals surface area contributed by atoms with Gasteiger partial charge in [-0.25, -0.2) is 8.42 Å². The molecule has 0 unspecified atom stereocenters. The van der Waals surface area contributed by atoms with E-state index >= 15 is 0 Å². The van der Waals surface area contributed by atoms with Gasteiger partial charge in [0.1, 0.15) is 16.7 Å². The summed E-state index contributed by atoms with van der Waals surface area (Å²) >= 11 is 0. The molecular weight excluding hydrogens is 531 g/mol. The molecule has 1 N–H and O–H groups in total.